The zero-order valence-corrected chi connectivity index (χ0v) is 15.6. The van der Waals surface area contributed by atoms with Crippen molar-refractivity contribution >= 4 is 40.8 Å². The number of hydrogen-bond donors (Lipinski definition) is 0. The van der Waals surface area contributed by atoms with Crippen molar-refractivity contribution in [3.05, 3.63) is 44.4 Å². The lowest BCUT2D eigenvalue weighted by molar-refractivity contribution is -0.147. The first-order valence-electron chi connectivity index (χ1n) is 7.21. The first kappa shape index (κ1) is 21.3. The van der Waals surface area contributed by atoms with Crippen molar-refractivity contribution in [2.75, 3.05) is 0 Å². The topological polar surface area (TPSA) is 26.3 Å². The molecule has 0 heterocycles. The van der Waals surface area contributed by atoms with Gasteiger partial charge in [-0.1, -0.05) is 54.7 Å². The lowest BCUT2D eigenvalue weighted by atomic mass is 10.1. The van der Waals surface area contributed by atoms with Gasteiger partial charge in [-0.15, -0.1) is 0 Å². The summed E-state index contributed by atoms with van der Waals surface area (Å²) in [6.45, 7) is 2.52. The molecule has 10 heteroatoms. The molecule has 2 rings (SSSR count). The van der Waals surface area contributed by atoms with Crippen molar-refractivity contribution in [1.29, 1.82) is 0 Å². The van der Waals surface area contributed by atoms with Gasteiger partial charge in [0.2, 0.25) is 0 Å². The molecular weight excluding hydrogens is 426 g/mol. The summed E-state index contributed by atoms with van der Waals surface area (Å²) in [4.78, 5) is 12.2. The average Bonchev–Trinajstić information content (AvgIpc) is 3.04. The van der Waals surface area contributed by atoms with E-state index in [4.69, 9.17) is 39.5 Å². The Balaban J connectivity index is 2.13. The van der Waals surface area contributed by atoms with Crippen LogP contribution in [0.2, 0.25) is 10.0 Å². The fraction of sp³-hybridized carbons (Fsp3) is 0.438. The Kier molecular flexibility index (Phi) is 5.86. The predicted molar refractivity (Wildman–Crippen MR) is 86.9 cm³/mol. The lowest BCUT2D eigenvalue weighted by Crippen LogP contribution is -2.12. The maximum absolute atomic E-state index is 13.5. The summed E-state index contributed by atoms with van der Waals surface area (Å²) in [6.07, 6.45) is -3.95. The third-order valence-corrected chi connectivity index (χ3v) is 5.48. The van der Waals surface area contributed by atoms with E-state index in [1.807, 2.05) is 0 Å². The Morgan fingerprint density at radius 2 is 1.73 bits per heavy atom. The summed E-state index contributed by atoms with van der Waals surface area (Å²) >= 11 is 16.6. The molecule has 1 aromatic carbocycles. The highest BCUT2D eigenvalue weighted by Crippen LogP contribution is 2.60. The molecule has 0 amide bonds. The molecule has 0 aliphatic heterocycles. The van der Waals surface area contributed by atoms with Gasteiger partial charge in [0.25, 0.3) is 0 Å². The van der Waals surface area contributed by atoms with E-state index in [1.165, 1.54) is 0 Å². The first-order valence-corrected chi connectivity index (χ1v) is 8.34. The van der Waals surface area contributed by atoms with Crippen molar-refractivity contribution in [3.63, 3.8) is 0 Å². The van der Waals surface area contributed by atoms with Crippen molar-refractivity contribution in [3.8, 4) is 0 Å². The molecule has 0 bridgehead atoms. The third-order valence-electron chi connectivity index (χ3n) is 4.32. The fourth-order valence-corrected chi connectivity index (χ4v) is 3.26. The summed E-state index contributed by atoms with van der Waals surface area (Å²) in [6, 6.07) is 0.486. The van der Waals surface area contributed by atoms with Crippen LogP contribution in [0.1, 0.15) is 19.4 Å². The number of carbonyl (C=O) groups is 1. The minimum absolute atomic E-state index is 0.266. The maximum atomic E-state index is 13.5. The van der Waals surface area contributed by atoms with Gasteiger partial charge >= 0.3 is 12.1 Å². The second kappa shape index (κ2) is 7.17. The van der Waals surface area contributed by atoms with E-state index in [1.54, 1.807) is 13.8 Å². The van der Waals surface area contributed by atoms with Gasteiger partial charge in [-0.2, -0.15) is 13.2 Å². The van der Waals surface area contributed by atoms with E-state index in [0.29, 0.717) is 6.07 Å². The van der Waals surface area contributed by atoms with Crippen LogP contribution in [0.3, 0.4) is 0 Å². The molecule has 1 saturated carbocycles. The van der Waals surface area contributed by atoms with Gasteiger partial charge in [0.1, 0.15) is 23.3 Å². The standard InChI is InChI=1S/C16H12Cl3F5O2/c1-15(2)7(3-10(17)16(22,23)24)11(15)14(25)26-5-6-12(18)8(20)4-9(21)13(6)19/h3-4,7,11H,5H2,1-2H3/b10-3-/t7-,11-/m1/s1. The van der Waals surface area contributed by atoms with Crippen LogP contribution >= 0.6 is 34.8 Å². The predicted octanol–water partition coefficient (Wildman–Crippen LogP) is 6.27. The lowest BCUT2D eigenvalue weighted by Gasteiger charge is -2.10. The zero-order valence-electron chi connectivity index (χ0n) is 13.4. The second-order valence-electron chi connectivity index (χ2n) is 6.39. The molecule has 144 valence electrons. The highest BCUT2D eigenvalue weighted by Gasteiger charge is 2.62. The van der Waals surface area contributed by atoms with Gasteiger partial charge in [-0.25, -0.2) is 8.78 Å². The van der Waals surface area contributed by atoms with E-state index in [2.05, 4.69) is 0 Å². The van der Waals surface area contributed by atoms with E-state index < -0.39 is 62.7 Å². The number of allylic oxidation sites excluding steroid dienone is 2. The summed E-state index contributed by atoms with van der Waals surface area (Å²) in [7, 11) is 0. The Morgan fingerprint density at radius 1 is 1.23 bits per heavy atom. The molecule has 0 unspecified atom stereocenters. The van der Waals surface area contributed by atoms with Crippen LogP contribution in [0.5, 0.6) is 0 Å². The molecule has 2 nitrogen and oxygen atoms in total. The summed E-state index contributed by atoms with van der Waals surface area (Å²) < 4.78 is 69.5. The van der Waals surface area contributed by atoms with Gasteiger partial charge in [0.15, 0.2) is 0 Å². The van der Waals surface area contributed by atoms with Crippen molar-refractivity contribution in [2.45, 2.75) is 26.6 Å². The zero-order chi connectivity index (χ0) is 20.0. The molecular formula is C16H12Cl3F5O2. The number of alkyl halides is 3. The van der Waals surface area contributed by atoms with Gasteiger partial charge in [-0.3, -0.25) is 4.79 Å². The van der Waals surface area contributed by atoms with Crippen LogP contribution < -0.4 is 0 Å². The van der Waals surface area contributed by atoms with Crippen LogP contribution in [0.25, 0.3) is 0 Å². The molecule has 0 radical (unpaired) electrons. The molecule has 0 spiro atoms. The van der Waals surface area contributed by atoms with Crippen molar-refractivity contribution in [2.24, 2.45) is 17.3 Å². The quantitative estimate of drug-likeness (QED) is 0.315. The van der Waals surface area contributed by atoms with Gasteiger partial charge in [-0.05, 0) is 11.3 Å². The van der Waals surface area contributed by atoms with Crippen LogP contribution in [0, 0.1) is 28.9 Å². The number of esters is 1. The molecule has 1 fully saturated rings. The van der Waals surface area contributed by atoms with E-state index in [0.717, 1.165) is 6.08 Å². The van der Waals surface area contributed by atoms with Crippen molar-refractivity contribution < 1.29 is 31.5 Å². The number of benzene rings is 1. The molecule has 1 aromatic rings. The Morgan fingerprint density at radius 3 is 2.19 bits per heavy atom. The molecule has 1 aliphatic carbocycles. The maximum Gasteiger partial charge on any atom is 0.426 e. The summed E-state index contributed by atoms with van der Waals surface area (Å²) in [5.41, 5.74) is -1.08. The summed E-state index contributed by atoms with van der Waals surface area (Å²) in [5, 5.41) is -2.34. The minimum atomic E-state index is -4.71. The number of halogens is 8. The number of carbonyl (C=O) groups excluding carboxylic acids is 1. The minimum Gasteiger partial charge on any atom is -0.460 e. The van der Waals surface area contributed by atoms with Crippen LogP contribution in [0.4, 0.5) is 22.0 Å². The average molecular weight is 438 g/mol. The monoisotopic (exact) mass is 436 g/mol. The van der Waals surface area contributed by atoms with Crippen LogP contribution in [0.15, 0.2) is 17.2 Å². The molecule has 0 aromatic heterocycles. The van der Waals surface area contributed by atoms with Gasteiger partial charge in [0, 0.05) is 11.6 Å². The van der Waals surface area contributed by atoms with E-state index >= 15 is 0 Å². The van der Waals surface area contributed by atoms with Gasteiger partial charge < -0.3 is 4.74 Å². The third kappa shape index (κ3) is 4.10. The highest BCUT2D eigenvalue weighted by atomic mass is 35.5. The first-order chi connectivity index (χ1) is 11.8. The molecule has 0 saturated heterocycles. The van der Waals surface area contributed by atoms with E-state index in [-0.39, 0.29) is 5.56 Å². The Labute approximate surface area is 160 Å². The van der Waals surface area contributed by atoms with Gasteiger partial charge in [0.05, 0.1) is 16.0 Å². The largest absolute Gasteiger partial charge is 0.460 e. The fourth-order valence-electron chi connectivity index (χ4n) is 2.67. The molecule has 1 aliphatic rings. The van der Waals surface area contributed by atoms with Crippen LogP contribution in [-0.4, -0.2) is 12.1 Å². The molecule has 26 heavy (non-hydrogen) atoms. The SMILES string of the molecule is CC1(C)[C@H](/C=C(\Cl)C(F)(F)F)[C@@H]1C(=O)OCc1c(Cl)c(F)cc(F)c1Cl. The van der Waals surface area contributed by atoms with Crippen molar-refractivity contribution in [1.82, 2.24) is 0 Å². The number of rotatable bonds is 4. The van der Waals surface area contributed by atoms with Crippen LogP contribution in [-0.2, 0) is 16.1 Å². The smallest absolute Gasteiger partial charge is 0.426 e. The second-order valence-corrected chi connectivity index (χ2v) is 7.55. The summed E-state index contributed by atoms with van der Waals surface area (Å²) in [5.74, 6) is -4.69. The Hall–Kier alpha value is -1.05. The van der Waals surface area contributed by atoms with E-state index in [9.17, 15) is 26.7 Å². The normalized spacial score (nSPS) is 22.3. The number of ether oxygens (including phenoxy) is 1. The Bertz CT molecular complexity index is 748. The molecule has 2 atom stereocenters. The highest BCUT2D eigenvalue weighted by molar-refractivity contribution is 6.36. The number of hydrogen-bond acceptors (Lipinski definition) is 2. The molecule has 0 N–H and O–H groups in total.